The number of methoxy groups -OCH3 is 3. The van der Waals surface area contributed by atoms with Gasteiger partial charge in [-0.1, -0.05) is 6.92 Å². The maximum atomic E-state index is 11.3. The molecule has 4 aliphatic rings. The molecule has 0 aromatic carbocycles. The molecule has 0 saturated carbocycles. The molecular formula is C22H45N3O13S3. The lowest BCUT2D eigenvalue weighted by molar-refractivity contribution is -0.0890. The molecule has 19 heteroatoms. The number of ether oxygens (including phenoxy) is 4. The van der Waals surface area contributed by atoms with Gasteiger partial charge < -0.3 is 34.3 Å². The first-order valence-corrected chi connectivity index (χ1v) is 18.3. The second kappa shape index (κ2) is 13.2. The molecule has 244 valence electrons. The van der Waals surface area contributed by atoms with Gasteiger partial charge in [0.2, 0.25) is 30.1 Å². The molecule has 6 atom stereocenters. The predicted molar refractivity (Wildman–Crippen MR) is 148 cm³/mol. The van der Waals surface area contributed by atoms with E-state index in [2.05, 4.69) is 0 Å². The third-order valence-electron chi connectivity index (χ3n) is 7.90. The monoisotopic (exact) mass is 655 g/mol. The van der Waals surface area contributed by atoms with Crippen molar-refractivity contribution in [3.8, 4) is 0 Å². The van der Waals surface area contributed by atoms with E-state index in [9.17, 15) is 35.5 Å². The van der Waals surface area contributed by atoms with Crippen molar-refractivity contribution in [2.45, 2.75) is 48.5 Å². The molecule has 0 amide bonds. The normalized spacial score (nSPS) is 36.6. The van der Waals surface area contributed by atoms with Gasteiger partial charge >= 0.3 is 0 Å². The zero-order valence-corrected chi connectivity index (χ0v) is 27.0. The highest BCUT2D eigenvalue weighted by Gasteiger charge is 2.59. The topological polar surface area (TPSA) is 213 Å². The van der Waals surface area contributed by atoms with Gasteiger partial charge in [0.15, 0.2) is 0 Å². The van der Waals surface area contributed by atoms with E-state index >= 15 is 0 Å². The number of nitrogens with zero attached hydrogens (tertiary/aromatic N) is 3. The lowest BCUT2D eigenvalue weighted by Gasteiger charge is -2.26. The largest absolute Gasteiger partial charge is 0.393 e. The first-order valence-electron chi connectivity index (χ1n) is 12.8. The van der Waals surface area contributed by atoms with Crippen LogP contribution in [-0.2, 0) is 49.0 Å². The fourth-order valence-corrected chi connectivity index (χ4v) is 7.55. The number of hydrogen-bond donors (Lipinski definition) is 3. The summed E-state index contributed by atoms with van der Waals surface area (Å²) in [6.45, 7) is 3.07. The Hall–Kier alpha value is -0.550. The lowest BCUT2D eigenvalue weighted by atomic mass is 9.97. The van der Waals surface area contributed by atoms with E-state index in [-0.39, 0.29) is 37.9 Å². The van der Waals surface area contributed by atoms with Crippen LogP contribution in [0.3, 0.4) is 0 Å². The van der Waals surface area contributed by atoms with Gasteiger partial charge in [0, 0.05) is 60.6 Å². The zero-order chi connectivity index (χ0) is 31.7. The van der Waals surface area contributed by atoms with Crippen LogP contribution in [-0.4, -0.2) is 181 Å². The molecule has 0 radical (unpaired) electrons. The van der Waals surface area contributed by atoms with Crippen LogP contribution in [0.25, 0.3) is 0 Å². The second-order valence-electron chi connectivity index (χ2n) is 10.9. The van der Waals surface area contributed by atoms with Crippen molar-refractivity contribution in [3.05, 3.63) is 0 Å². The molecular weight excluding hydrogens is 610 g/mol. The third kappa shape index (κ3) is 8.77. The van der Waals surface area contributed by atoms with Crippen LogP contribution < -0.4 is 0 Å². The Morgan fingerprint density at radius 1 is 0.707 bits per heavy atom. The highest BCUT2D eigenvalue weighted by atomic mass is 32.2. The minimum absolute atomic E-state index is 0.0758. The minimum atomic E-state index is -3.34. The SMILES string of the molecule is CC[C@]1(O)CN(S(C)(=O)=O)C[C@@H]1OC.CO[C@H]1CN(S(C)(=O)=O)C[C@@]1(O)CO.CO[C@H]1CN(S(C)(=O)=O)C[C@@]12CO2. The number of epoxide rings is 1. The van der Waals surface area contributed by atoms with E-state index in [1.54, 1.807) is 7.11 Å². The second-order valence-corrected chi connectivity index (χ2v) is 16.9. The van der Waals surface area contributed by atoms with Gasteiger partial charge in [0.1, 0.15) is 35.1 Å². The molecule has 4 fully saturated rings. The van der Waals surface area contributed by atoms with E-state index in [1.807, 2.05) is 6.92 Å². The average Bonchev–Trinajstić information content (AvgIpc) is 3.22. The van der Waals surface area contributed by atoms with Crippen LogP contribution >= 0.6 is 0 Å². The summed E-state index contributed by atoms with van der Waals surface area (Å²) in [5.74, 6) is 0. The number of β-amino-alcohol motifs (C(OH)–C–C–N with tert-alkyl or cyclic N) is 2. The summed E-state index contributed by atoms with van der Waals surface area (Å²) in [7, 11) is -5.24. The van der Waals surface area contributed by atoms with Crippen molar-refractivity contribution in [2.24, 2.45) is 0 Å². The van der Waals surface area contributed by atoms with Crippen molar-refractivity contribution in [1.29, 1.82) is 0 Å². The molecule has 4 heterocycles. The number of aliphatic hydroxyl groups is 3. The Labute approximate surface area is 243 Å². The first-order chi connectivity index (χ1) is 18.6. The van der Waals surface area contributed by atoms with Crippen LogP contribution in [0.15, 0.2) is 0 Å². The molecule has 0 aromatic heterocycles. The van der Waals surface area contributed by atoms with Crippen molar-refractivity contribution in [1.82, 2.24) is 12.9 Å². The maximum absolute atomic E-state index is 11.3. The molecule has 0 bridgehead atoms. The summed E-state index contributed by atoms with van der Waals surface area (Å²) >= 11 is 0. The van der Waals surface area contributed by atoms with Crippen molar-refractivity contribution in [3.63, 3.8) is 0 Å². The average molecular weight is 656 g/mol. The number of aliphatic hydroxyl groups excluding tert-OH is 1. The van der Waals surface area contributed by atoms with Crippen LogP contribution in [0.2, 0.25) is 0 Å². The summed E-state index contributed by atoms with van der Waals surface area (Å²) in [5, 5.41) is 28.8. The Balaban J connectivity index is 0.000000215. The third-order valence-corrected chi connectivity index (χ3v) is 11.5. The summed E-state index contributed by atoms with van der Waals surface area (Å²) < 4.78 is 91.5. The molecule has 3 N–H and O–H groups in total. The van der Waals surface area contributed by atoms with E-state index in [0.717, 1.165) is 16.8 Å². The fraction of sp³-hybridized carbons (Fsp3) is 1.00. The van der Waals surface area contributed by atoms with Crippen molar-refractivity contribution >= 4 is 30.1 Å². The number of rotatable bonds is 8. The molecule has 4 rings (SSSR count). The quantitative estimate of drug-likeness (QED) is 0.217. The van der Waals surface area contributed by atoms with Gasteiger partial charge in [-0.2, -0.15) is 12.9 Å². The predicted octanol–water partition coefficient (Wildman–Crippen LogP) is -3.54. The van der Waals surface area contributed by atoms with Gasteiger partial charge in [0.25, 0.3) is 0 Å². The molecule has 41 heavy (non-hydrogen) atoms. The maximum Gasteiger partial charge on any atom is 0.211 e. The van der Waals surface area contributed by atoms with Gasteiger partial charge in [-0.05, 0) is 6.42 Å². The first kappa shape index (κ1) is 36.6. The van der Waals surface area contributed by atoms with E-state index in [0.29, 0.717) is 26.1 Å². The van der Waals surface area contributed by atoms with Crippen molar-refractivity contribution < 1.29 is 59.5 Å². The van der Waals surface area contributed by atoms with Gasteiger partial charge in [-0.25, -0.2) is 25.3 Å². The molecule has 4 saturated heterocycles. The van der Waals surface area contributed by atoms with Gasteiger partial charge in [-0.15, -0.1) is 0 Å². The fourth-order valence-electron chi connectivity index (χ4n) is 4.97. The molecule has 16 nitrogen and oxygen atoms in total. The lowest BCUT2D eigenvalue weighted by Crippen LogP contribution is -2.46. The Morgan fingerprint density at radius 2 is 1.05 bits per heavy atom. The summed E-state index contributed by atoms with van der Waals surface area (Å²) in [4.78, 5) is 0. The molecule has 0 unspecified atom stereocenters. The van der Waals surface area contributed by atoms with E-state index < -0.39 is 60.1 Å². The molecule has 1 spiro atoms. The zero-order valence-electron chi connectivity index (χ0n) is 24.6. The Kier molecular flexibility index (Phi) is 11.8. The molecule has 4 aliphatic heterocycles. The number of hydrogen-bond acceptors (Lipinski definition) is 13. The molecule has 0 aromatic rings. The van der Waals surface area contributed by atoms with E-state index in [1.165, 1.54) is 29.1 Å². The Morgan fingerprint density at radius 3 is 1.29 bits per heavy atom. The molecule has 0 aliphatic carbocycles. The van der Waals surface area contributed by atoms with Gasteiger partial charge in [-0.3, -0.25) is 0 Å². The van der Waals surface area contributed by atoms with Gasteiger partial charge in [0.05, 0.1) is 32.0 Å². The summed E-state index contributed by atoms with van der Waals surface area (Å²) in [6, 6.07) is 0. The highest BCUT2D eigenvalue weighted by Crippen LogP contribution is 2.39. The van der Waals surface area contributed by atoms with Crippen LogP contribution in [0.4, 0.5) is 0 Å². The highest BCUT2D eigenvalue weighted by molar-refractivity contribution is 7.88. The van der Waals surface area contributed by atoms with Crippen molar-refractivity contribution in [2.75, 3.05) is 92.6 Å². The van der Waals surface area contributed by atoms with Crippen LogP contribution in [0, 0.1) is 0 Å². The smallest absolute Gasteiger partial charge is 0.211 e. The standard InChI is InChI=1S/C8H17NO4S.C7H15NO5S.C7H13NO4S/c1-4-8(10)6-9(14(3,11)12)5-7(8)13-2;1-13-6-3-8(14(2,11)12)4-7(6,10)5-9;1-11-6-3-8(13(2,9)10)4-7(6)5-12-7/h7,10H,4-6H2,1-3H3;6,9-10H,3-5H2,1-2H3;6H,3-5H2,1-2H3/t7-,8-;2*6-,7+/m000/s1. The van der Waals surface area contributed by atoms with E-state index in [4.69, 9.17) is 24.1 Å². The Bertz CT molecular complexity index is 1150. The van der Waals surface area contributed by atoms with Crippen LogP contribution in [0.1, 0.15) is 13.3 Å². The summed E-state index contributed by atoms with van der Waals surface area (Å²) in [5.41, 5.74) is -2.87. The number of sulfonamides is 3. The minimum Gasteiger partial charge on any atom is -0.393 e. The van der Waals surface area contributed by atoms with Crippen LogP contribution in [0.5, 0.6) is 0 Å². The summed E-state index contributed by atoms with van der Waals surface area (Å²) in [6.07, 6.45) is 2.68.